The first-order valence-corrected chi connectivity index (χ1v) is 9.52. The number of carbonyl (C=O) groups is 3. The molecule has 1 saturated heterocycles. The average Bonchev–Trinajstić information content (AvgIpc) is 2.95. The molecule has 28 heavy (non-hydrogen) atoms. The lowest BCUT2D eigenvalue weighted by Crippen LogP contribution is -2.39. The lowest BCUT2D eigenvalue weighted by atomic mass is 10.1. The largest absolute Gasteiger partial charge is 0.354 e. The maximum atomic E-state index is 12.5. The highest BCUT2D eigenvalue weighted by Gasteiger charge is 2.39. The summed E-state index contributed by atoms with van der Waals surface area (Å²) in [6.45, 7) is 2.15. The van der Waals surface area contributed by atoms with Crippen LogP contribution in [-0.2, 0) is 22.6 Å². The fourth-order valence-electron chi connectivity index (χ4n) is 3.25. The van der Waals surface area contributed by atoms with Crippen molar-refractivity contribution in [3.8, 4) is 0 Å². The lowest BCUT2D eigenvalue weighted by Gasteiger charge is -2.16. The summed E-state index contributed by atoms with van der Waals surface area (Å²) in [4.78, 5) is 38.1. The predicted octanol–water partition coefficient (Wildman–Crippen LogP) is 2.63. The van der Waals surface area contributed by atoms with Gasteiger partial charge in [0.1, 0.15) is 6.04 Å². The molecule has 0 spiro atoms. The van der Waals surface area contributed by atoms with Crippen LogP contribution >= 0.6 is 0 Å². The number of urea groups is 1. The van der Waals surface area contributed by atoms with Gasteiger partial charge in [0.25, 0.3) is 5.91 Å². The molecule has 0 radical (unpaired) electrons. The van der Waals surface area contributed by atoms with Crippen molar-refractivity contribution in [1.82, 2.24) is 15.5 Å². The molecule has 3 rings (SSSR count). The van der Waals surface area contributed by atoms with Crippen LogP contribution < -0.4 is 10.6 Å². The van der Waals surface area contributed by atoms with Gasteiger partial charge in [0.2, 0.25) is 5.91 Å². The second-order valence-electron chi connectivity index (χ2n) is 7.11. The topological polar surface area (TPSA) is 78.5 Å². The smallest absolute Gasteiger partial charge is 0.325 e. The van der Waals surface area contributed by atoms with E-state index in [1.807, 2.05) is 55.5 Å². The molecule has 2 aromatic carbocycles. The van der Waals surface area contributed by atoms with Crippen LogP contribution in [-0.4, -0.2) is 34.8 Å². The monoisotopic (exact) mass is 379 g/mol. The Morgan fingerprint density at radius 2 is 1.64 bits per heavy atom. The molecular weight excluding hydrogens is 354 g/mol. The Bertz CT molecular complexity index is 823. The zero-order valence-corrected chi connectivity index (χ0v) is 15.9. The Kier molecular flexibility index (Phi) is 6.42. The summed E-state index contributed by atoms with van der Waals surface area (Å²) < 4.78 is 0. The highest BCUT2D eigenvalue weighted by atomic mass is 16.2. The molecule has 1 aliphatic rings. The van der Waals surface area contributed by atoms with Crippen molar-refractivity contribution in [2.75, 3.05) is 0 Å². The van der Waals surface area contributed by atoms with Gasteiger partial charge in [-0.05, 0) is 30.9 Å². The normalized spacial score (nSPS) is 17.3. The molecule has 1 heterocycles. The van der Waals surface area contributed by atoms with Crippen LogP contribution in [0.2, 0.25) is 0 Å². The highest BCUT2D eigenvalue weighted by molar-refractivity contribution is 6.05. The van der Waals surface area contributed by atoms with Gasteiger partial charge in [-0.2, -0.15) is 0 Å². The first-order valence-electron chi connectivity index (χ1n) is 9.52. The molecule has 0 saturated carbocycles. The van der Waals surface area contributed by atoms with Crippen LogP contribution in [0.1, 0.15) is 30.9 Å². The Morgan fingerprint density at radius 1 is 1.04 bits per heavy atom. The minimum atomic E-state index is -0.808. The molecule has 2 N–H and O–H groups in total. The first-order chi connectivity index (χ1) is 13.5. The Labute approximate surface area is 164 Å². The van der Waals surface area contributed by atoms with E-state index in [1.165, 1.54) is 5.56 Å². The van der Waals surface area contributed by atoms with E-state index in [-0.39, 0.29) is 30.8 Å². The summed E-state index contributed by atoms with van der Waals surface area (Å²) in [5.74, 6) is -0.596. The number of carbonyl (C=O) groups excluding carboxylic acids is 3. The summed E-state index contributed by atoms with van der Waals surface area (Å²) in [5.41, 5.74) is 2.09. The molecule has 0 bridgehead atoms. The Morgan fingerprint density at radius 3 is 2.29 bits per heavy atom. The SMILES string of the molecule is C[C@H](CCc1ccccc1)NC(=O)C[C@@H]1NC(=O)N(Cc2ccccc2)C1=O. The Hall–Kier alpha value is -3.15. The van der Waals surface area contributed by atoms with Crippen LogP contribution in [0.4, 0.5) is 4.79 Å². The molecule has 6 heteroatoms. The van der Waals surface area contributed by atoms with Crippen LogP contribution in [0.15, 0.2) is 60.7 Å². The standard InChI is InChI=1S/C22H25N3O3/c1-16(12-13-17-8-4-2-5-9-17)23-20(26)14-19-21(27)25(22(28)24-19)15-18-10-6-3-7-11-18/h2-11,16,19H,12-15H2,1H3,(H,23,26)(H,24,28)/t16-,19+/m1/s1. The minimum absolute atomic E-state index is 0.0136. The molecule has 6 nitrogen and oxygen atoms in total. The van der Waals surface area contributed by atoms with E-state index in [4.69, 9.17) is 0 Å². The Balaban J connectivity index is 1.47. The third-order valence-corrected chi connectivity index (χ3v) is 4.80. The van der Waals surface area contributed by atoms with E-state index >= 15 is 0 Å². The van der Waals surface area contributed by atoms with E-state index in [0.717, 1.165) is 23.3 Å². The van der Waals surface area contributed by atoms with Gasteiger partial charge in [0, 0.05) is 6.04 Å². The molecule has 0 aliphatic carbocycles. The summed E-state index contributed by atoms with van der Waals surface area (Å²) >= 11 is 0. The lowest BCUT2D eigenvalue weighted by molar-refractivity contribution is -0.131. The molecule has 0 unspecified atom stereocenters. The van der Waals surface area contributed by atoms with Gasteiger partial charge in [-0.3, -0.25) is 14.5 Å². The van der Waals surface area contributed by atoms with Crippen molar-refractivity contribution >= 4 is 17.8 Å². The van der Waals surface area contributed by atoms with E-state index in [9.17, 15) is 14.4 Å². The number of imide groups is 1. The zero-order chi connectivity index (χ0) is 19.9. The average molecular weight is 379 g/mol. The van der Waals surface area contributed by atoms with Crippen molar-refractivity contribution in [2.45, 2.75) is 44.8 Å². The molecule has 146 valence electrons. The van der Waals surface area contributed by atoms with Crippen LogP contribution in [0.25, 0.3) is 0 Å². The third kappa shape index (κ3) is 5.19. The van der Waals surface area contributed by atoms with Crippen molar-refractivity contribution in [1.29, 1.82) is 0 Å². The van der Waals surface area contributed by atoms with E-state index in [2.05, 4.69) is 22.8 Å². The number of nitrogens with one attached hydrogen (secondary N) is 2. The maximum absolute atomic E-state index is 12.5. The molecule has 2 aromatic rings. The molecule has 1 fully saturated rings. The fraction of sp³-hybridized carbons (Fsp3) is 0.318. The number of aryl methyl sites for hydroxylation is 1. The quantitative estimate of drug-likeness (QED) is 0.692. The summed E-state index contributed by atoms with van der Waals surface area (Å²) in [7, 11) is 0. The number of benzene rings is 2. The number of rotatable bonds is 8. The number of nitrogens with zero attached hydrogens (tertiary/aromatic N) is 1. The van der Waals surface area contributed by atoms with Crippen LogP contribution in [0, 0.1) is 0 Å². The predicted molar refractivity (Wildman–Crippen MR) is 106 cm³/mol. The summed E-state index contributed by atoms with van der Waals surface area (Å²) in [6.07, 6.45) is 1.62. The first kappa shape index (κ1) is 19.6. The van der Waals surface area contributed by atoms with Crippen LogP contribution in [0.5, 0.6) is 0 Å². The molecule has 4 amide bonds. The number of hydrogen-bond donors (Lipinski definition) is 2. The zero-order valence-electron chi connectivity index (χ0n) is 15.9. The van der Waals surface area contributed by atoms with E-state index < -0.39 is 12.1 Å². The van der Waals surface area contributed by atoms with Gasteiger partial charge in [-0.15, -0.1) is 0 Å². The third-order valence-electron chi connectivity index (χ3n) is 4.80. The van der Waals surface area contributed by atoms with Gasteiger partial charge >= 0.3 is 6.03 Å². The summed E-state index contributed by atoms with van der Waals surface area (Å²) in [6, 6.07) is 18.1. The van der Waals surface area contributed by atoms with Gasteiger partial charge in [0.15, 0.2) is 0 Å². The van der Waals surface area contributed by atoms with Crippen molar-refractivity contribution in [3.63, 3.8) is 0 Å². The van der Waals surface area contributed by atoms with Gasteiger partial charge < -0.3 is 10.6 Å². The van der Waals surface area contributed by atoms with Crippen molar-refractivity contribution in [2.24, 2.45) is 0 Å². The van der Waals surface area contributed by atoms with Crippen LogP contribution in [0.3, 0.4) is 0 Å². The number of amides is 4. The second kappa shape index (κ2) is 9.17. The van der Waals surface area contributed by atoms with Gasteiger partial charge in [-0.1, -0.05) is 60.7 Å². The fourth-order valence-corrected chi connectivity index (χ4v) is 3.25. The van der Waals surface area contributed by atoms with Gasteiger partial charge in [0.05, 0.1) is 13.0 Å². The summed E-state index contributed by atoms with van der Waals surface area (Å²) in [5, 5.41) is 5.53. The second-order valence-corrected chi connectivity index (χ2v) is 7.11. The molecule has 0 aromatic heterocycles. The minimum Gasteiger partial charge on any atom is -0.354 e. The highest BCUT2D eigenvalue weighted by Crippen LogP contribution is 2.14. The van der Waals surface area contributed by atoms with E-state index in [0.29, 0.717) is 0 Å². The number of hydrogen-bond acceptors (Lipinski definition) is 3. The van der Waals surface area contributed by atoms with Crippen molar-refractivity contribution < 1.29 is 14.4 Å². The molecule has 1 aliphatic heterocycles. The van der Waals surface area contributed by atoms with Gasteiger partial charge in [-0.25, -0.2) is 4.79 Å². The van der Waals surface area contributed by atoms with E-state index in [1.54, 1.807) is 0 Å². The maximum Gasteiger partial charge on any atom is 0.325 e. The molecular formula is C22H25N3O3. The van der Waals surface area contributed by atoms with Crippen molar-refractivity contribution in [3.05, 3.63) is 71.8 Å². The molecule has 2 atom stereocenters.